The molecule has 1 heterocycles. The molecule has 0 unspecified atom stereocenters. The molecular weight excluding hydrogens is 288 g/mol. The van der Waals surface area contributed by atoms with Crippen LogP contribution < -0.4 is 5.73 Å². The summed E-state index contributed by atoms with van der Waals surface area (Å²) >= 11 is 0. The Bertz CT molecular complexity index is 668. The number of rotatable bonds is 2. The van der Waals surface area contributed by atoms with Gasteiger partial charge in [-0.25, -0.2) is 16.8 Å². The van der Waals surface area contributed by atoms with Crippen molar-refractivity contribution in [2.45, 2.75) is 11.3 Å². The van der Waals surface area contributed by atoms with Gasteiger partial charge in [0.05, 0.1) is 17.2 Å². The summed E-state index contributed by atoms with van der Waals surface area (Å²) in [7, 11) is -6.86. The first-order valence-electron chi connectivity index (χ1n) is 5.88. The highest BCUT2D eigenvalue weighted by molar-refractivity contribution is 7.91. The third-order valence-electron chi connectivity index (χ3n) is 3.05. The number of hydrogen-bond acceptors (Lipinski definition) is 5. The molecule has 19 heavy (non-hydrogen) atoms. The van der Waals surface area contributed by atoms with Crippen LogP contribution in [0.2, 0.25) is 0 Å². The molecule has 0 bridgehead atoms. The van der Waals surface area contributed by atoms with Crippen molar-refractivity contribution < 1.29 is 16.8 Å². The topological polar surface area (TPSA) is 97.5 Å². The number of nitrogens with zero attached hydrogens (tertiary/aromatic N) is 1. The third kappa shape index (κ3) is 3.07. The van der Waals surface area contributed by atoms with Gasteiger partial charge in [0, 0.05) is 13.1 Å². The Hall–Kier alpha value is -1.12. The maximum Gasteiger partial charge on any atom is 0.245 e. The second-order valence-electron chi connectivity index (χ2n) is 4.45. The summed E-state index contributed by atoms with van der Waals surface area (Å²) in [5.41, 5.74) is 5.86. The van der Waals surface area contributed by atoms with Crippen molar-refractivity contribution in [2.75, 3.05) is 30.3 Å². The fourth-order valence-electron chi connectivity index (χ4n) is 2.01. The molecule has 0 aliphatic carbocycles. The number of nitrogens with two attached hydrogens (primary N) is 1. The van der Waals surface area contributed by atoms with Crippen LogP contribution >= 0.6 is 0 Å². The lowest BCUT2D eigenvalue weighted by Crippen LogP contribution is -2.34. The first kappa shape index (κ1) is 14.3. The minimum atomic E-state index is -3.72. The van der Waals surface area contributed by atoms with Crippen LogP contribution in [0.4, 0.5) is 5.69 Å². The normalized spacial score (nSPS) is 20.8. The maximum absolute atomic E-state index is 12.4. The number of sulfonamides is 1. The van der Waals surface area contributed by atoms with E-state index >= 15 is 0 Å². The van der Waals surface area contributed by atoms with Gasteiger partial charge >= 0.3 is 0 Å². The van der Waals surface area contributed by atoms with Crippen LogP contribution in [0.1, 0.15) is 6.42 Å². The Labute approximate surface area is 113 Å². The van der Waals surface area contributed by atoms with Crippen molar-refractivity contribution in [1.29, 1.82) is 0 Å². The molecule has 0 amide bonds. The fraction of sp³-hybridized carbons (Fsp3) is 0.455. The summed E-state index contributed by atoms with van der Waals surface area (Å²) in [6, 6.07) is 6.20. The molecule has 1 aliphatic rings. The number of anilines is 1. The molecule has 0 radical (unpaired) electrons. The molecule has 0 spiro atoms. The zero-order valence-corrected chi connectivity index (χ0v) is 12.0. The Morgan fingerprint density at radius 3 is 2.47 bits per heavy atom. The molecule has 0 saturated carbocycles. The first-order chi connectivity index (χ1) is 8.83. The van der Waals surface area contributed by atoms with Crippen LogP contribution in [0.15, 0.2) is 29.2 Å². The second-order valence-corrected chi connectivity index (χ2v) is 8.66. The molecule has 0 aromatic heterocycles. The minimum Gasteiger partial charge on any atom is -0.398 e. The van der Waals surface area contributed by atoms with E-state index in [0.29, 0.717) is 6.42 Å². The van der Waals surface area contributed by atoms with Crippen molar-refractivity contribution in [3.8, 4) is 0 Å². The lowest BCUT2D eigenvalue weighted by molar-refractivity contribution is 0.435. The Balaban J connectivity index is 2.33. The highest BCUT2D eigenvalue weighted by Gasteiger charge is 2.29. The Morgan fingerprint density at radius 1 is 1.11 bits per heavy atom. The van der Waals surface area contributed by atoms with Crippen LogP contribution in [0.3, 0.4) is 0 Å². The molecule has 1 saturated heterocycles. The van der Waals surface area contributed by atoms with Crippen molar-refractivity contribution in [3.05, 3.63) is 24.3 Å². The summed E-state index contributed by atoms with van der Waals surface area (Å²) in [5, 5.41) is 0. The first-order valence-corrected chi connectivity index (χ1v) is 9.14. The van der Waals surface area contributed by atoms with Gasteiger partial charge in [0.15, 0.2) is 9.84 Å². The van der Waals surface area contributed by atoms with Crippen molar-refractivity contribution in [3.63, 3.8) is 0 Å². The zero-order chi connectivity index (χ0) is 14.1. The molecule has 6 nitrogen and oxygen atoms in total. The largest absolute Gasteiger partial charge is 0.398 e. The summed E-state index contributed by atoms with van der Waals surface area (Å²) in [5.74, 6) is -0.109. The van der Waals surface area contributed by atoms with Gasteiger partial charge in [-0.1, -0.05) is 12.1 Å². The number of benzene rings is 1. The molecule has 1 aliphatic heterocycles. The van der Waals surface area contributed by atoms with Gasteiger partial charge < -0.3 is 5.73 Å². The molecule has 0 atom stereocenters. The molecule has 1 aromatic rings. The van der Waals surface area contributed by atoms with Gasteiger partial charge in [0.25, 0.3) is 0 Å². The third-order valence-corrected chi connectivity index (χ3v) is 6.74. The van der Waals surface area contributed by atoms with E-state index in [1.807, 2.05) is 0 Å². The summed E-state index contributed by atoms with van der Waals surface area (Å²) in [4.78, 5) is 0.0364. The minimum absolute atomic E-state index is 0.0149. The van der Waals surface area contributed by atoms with Crippen molar-refractivity contribution in [1.82, 2.24) is 4.31 Å². The van der Waals surface area contributed by atoms with Crippen LogP contribution in [0.5, 0.6) is 0 Å². The predicted molar refractivity (Wildman–Crippen MR) is 72.9 cm³/mol. The van der Waals surface area contributed by atoms with E-state index in [1.165, 1.54) is 16.4 Å². The summed E-state index contributed by atoms with van der Waals surface area (Å²) in [6.45, 7) is 0.189. The number of nitrogen functional groups attached to an aromatic ring is 1. The molecule has 1 fully saturated rings. The van der Waals surface area contributed by atoms with Crippen LogP contribution in [-0.4, -0.2) is 45.7 Å². The van der Waals surface area contributed by atoms with Gasteiger partial charge in [-0.15, -0.1) is 0 Å². The fourth-order valence-corrected chi connectivity index (χ4v) is 4.99. The van der Waals surface area contributed by atoms with E-state index in [9.17, 15) is 16.8 Å². The van der Waals surface area contributed by atoms with Gasteiger partial charge in [-0.2, -0.15) is 4.31 Å². The van der Waals surface area contributed by atoms with Crippen molar-refractivity contribution >= 4 is 25.5 Å². The molecule has 2 rings (SSSR count). The molecule has 8 heteroatoms. The van der Waals surface area contributed by atoms with Gasteiger partial charge in [0.2, 0.25) is 10.0 Å². The van der Waals surface area contributed by atoms with E-state index < -0.39 is 19.9 Å². The lowest BCUT2D eigenvalue weighted by atomic mass is 10.3. The number of para-hydroxylation sites is 1. The van der Waals surface area contributed by atoms with Gasteiger partial charge in [0.1, 0.15) is 4.90 Å². The van der Waals surface area contributed by atoms with Gasteiger partial charge in [-0.3, -0.25) is 0 Å². The summed E-state index contributed by atoms with van der Waals surface area (Å²) in [6.07, 6.45) is 0.314. The molecule has 2 N–H and O–H groups in total. The number of hydrogen-bond donors (Lipinski definition) is 1. The Morgan fingerprint density at radius 2 is 1.79 bits per heavy atom. The number of sulfone groups is 1. The second kappa shape index (κ2) is 5.10. The van der Waals surface area contributed by atoms with E-state index in [-0.39, 0.29) is 35.2 Å². The van der Waals surface area contributed by atoms with Crippen molar-refractivity contribution in [2.24, 2.45) is 0 Å². The molecule has 106 valence electrons. The van der Waals surface area contributed by atoms with E-state index in [4.69, 9.17) is 5.73 Å². The highest BCUT2D eigenvalue weighted by atomic mass is 32.2. The quantitative estimate of drug-likeness (QED) is 0.780. The monoisotopic (exact) mass is 304 g/mol. The smallest absolute Gasteiger partial charge is 0.245 e. The standard InChI is InChI=1S/C11H16N2O4S2/c12-10-4-1-2-5-11(10)19(16,17)13-6-3-8-18(14,15)9-7-13/h1-2,4-5H,3,6-9,12H2. The maximum atomic E-state index is 12.4. The SMILES string of the molecule is Nc1ccccc1S(=O)(=O)N1CCCS(=O)(=O)CC1. The van der Waals surface area contributed by atoms with Crippen LogP contribution in [-0.2, 0) is 19.9 Å². The van der Waals surface area contributed by atoms with Gasteiger partial charge in [-0.05, 0) is 18.6 Å². The van der Waals surface area contributed by atoms with E-state index in [1.54, 1.807) is 12.1 Å². The molecule has 1 aromatic carbocycles. The van der Waals surface area contributed by atoms with Crippen LogP contribution in [0.25, 0.3) is 0 Å². The highest BCUT2D eigenvalue weighted by Crippen LogP contribution is 2.23. The zero-order valence-electron chi connectivity index (χ0n) is 10.3. The predicted octanol–water partition coefficient (Wildman–Crippen LogP) is 0.0780. The Kier molecular flexibility index (Phi) is 3.84. The van der Waals surface area contributed by atoms with E-state index in [0.717, 1.165) is 0 Å². The molecular formula is C11H16N2O4S2. The average molecular weight is 304 g/mol. The summed E-state index contributed by atoms with van der Waals surface area (Å²) < 4.78 is 49.0. The van der Waals surface area contributed by atoms with E-state index in [2.05, 4.69) is 0 Å². The average Bonchev–Trinajstić information content (AvgIpc) is 2.51. The lowest BCUT2D eigenvalue weighted by Gasteiger charge is -2.20. The van der Waals surface area contributed by atoms with Crippen LogP contribution in [0, 0.1) is 0 Å².